The first kappa shape index (κ1) is 29.2. The Kier molecular flexibility index (Phi) is 7.66. The average molecular weight is 598 g/mol. The molecule has 6 rings (SSSR count). The summed E-state index contributed by atoms with van der Waals surface area (Å²) in [7, 11) is 1.87. The average Bonchev–Trinajstić information content (AvgIpc) is 3.51. The van der Waals surface area contributed by atoms with Crippen molar-refractivity contribution in [2.24, 2.45) is 13.0 Å². The maximum atomic E-state index is 14.4. The van der Waals surface area contributed by atoms with Gasteiger partial charge in [-0.2, -0.15) is 13.2 Å². The van der Waals surface area contributed by atoms with Gasteiger partial charge in [0.05, 0.1) is 31.9 Å². The lowest BCUT2D eigenvalue weighted by molar-refractivity contribution is -0.141. The molecule has 1 aromatic heterocycles. The number of ether oxygens (including phenoxy) is 2. The van der Waals surface area contributed by atoms with Crippen LogP contribution >= 0.6 is 0 Å². The van der Waals surface area contributed by atoms with Crippen molar-refractivity contribution in [3.63, 3.8) is 0 Å². The van der Waals surface area contributed by atoms with Crippen LogP contribution in [0.25, 0.3) is 0 Å². The Hall–Kier alpha value is -3.93. The molecule has 4 heterocycles. The number of alkyl halides is 3. The number of carbonyl (C=O) groups is 2. The van der Waals surface area contributed by atoms with E-state index in [4.69, 9.17) is 9.47 Å². The van der Waals surface area contributed by atoms with Gasteiger partial charge in [-0.25, -0.2) is 0 Å². The zero-order chi connectivity index (χ0) is 30.4. The number of halogens is 3. The van der Waals surface area contributed by atoms with Crippen molar-refractivity contribution in [3.05, 3.63) is 70.8 Å². The van der Waals surface area contributed by atoms with E-state index in [1.807, 2.05) is 34.7 Å². The van der Waals surface area contributed by atoms with Crippen LogP contribution in [-0.4, -0.2) is 59.6 Å². The van der Waals surface area contributed by atoms with E-state index in [0.29, 0.717) is 56.6 Å². The number of amides is 1. The van der Waals surface area contributed by atoms with Gasteiger partial charge in [0.1, 0.15) is 12.2 Å². The van der Waals surface area contributed by atoms with Gasteiger partial charge in [0.15, 0.2) is 0 Å². The van der Waals surface area contributed by atoms with Gasteiger partial charge in [0, 0.05) is 55.8 Å². The molecule has 0 atom stereocenters. The molecule has 228 valence electrons. The molecule has 2 aromatic carbocycles. The van der Waals surface area contributed by atoms with Gasteiger partial charge in [-0.15, -0.1) is 10.2 Å². The summed E-state index contributed by atoms with van der Waals surface area (Å²) in [6.07, 6.45) is -0.116. The molecule has 2 saturated heterocycles. The molecule has 3 aromatic rings. The summed E-state index contributed by atoms with van der Waals surface area (Å²) in [5.74, 6) is 0.367. The molecule has 0 aliphatic carbocycles. The van der Waals surface area contributed by atoms with E-state index in [9.17, 15) is 22.8 Å². The van der Waals surface area contributed by atoms with Gasteiger partial charge < -0.3 is 23.8 Å². The van der Waals surface area contributed by atoms with Gasteiger partial charge >= 0.3 is 12.1 Å². The number of fused-ring (bicyclic) bond motifs is 1. The molecule has 0 bridgehead atoms. The highest BCUT2D eigenvalue weighted by atomic mass is 19.4. The van der Waals surface area contributed by atoms with Gasteiger partial charge in [0.25, 0.3) is 5.91 Å². The summed E-state index contributed by atoms with van der Waals surface area (Å²) in [6.45, 7) is 3.63. The third kappa shape index (κ3) is 5.72. The van der Waals surface area contributed by atoms with E-state index >= 15 is 0 Å². The normalized spacial score (nSPS) is 18.5. The molecule has 0 saturated carbocycles. The Labute approximate surface area is 247 Å². The van der Waals surface area contributed by atoms with Crippen molar-refractivity contribution in [2.75, 3.05) is 42.7 Å². The summed E-state index contributed by atoms with van der Waals surface area (Å²) >= 11 is 0. The Morgan fingerprint density at radius 3 is 2.53 bits per heavy atom. The number of esters is 1. The van der Waals surface area contributed by atoms with E-state index in [1.54, 1.807) is 18.5 Å². The van der Waals surface area contributed by atoms with Crippen LogP contribution < -0.4 is 9.80 Å². The molecule has 0 spiro atoms. The molecule has 2 fully saturated rings. The second-order valence-electron chi connectivity index (χ2n) is 11.8. The molecule has 9 nitrogen and oxygen atoms in total. The van der Waals surface area contributed by atoms with Crippen LogP contribution in [0.3, 0.4) is 0 Å². The van der Waals surface area contributed by atoms with Gasteiger partial charge in [-0.3, -0.25) is 9.59 Å². The topological polar surface area (TPSA) is 89.8 Å². The van der Waals surface area contributed by atoms with Crippen LogP contribution in [0.15, 0.2) is 42.7 Å². The Morgan fingerprint density at radius 1 is 1.14 bits per heavy atom. The van der Waals surface area contributed by atoms with Crippen LogP contribution in [0.1, 0.15) is 59.1 Å². The fourth-order valence-electron chi connectivity index (χ4n) is 6.38. The minimum atomic E-state index is -4.61. The van der Waals surface area contributed by atoms with Crippen LogP contribution in [0.5, 0.6) is 0 Å². The molecule has 0 radical (unpaired) electrons. The maximum Gasteiger partial charge on any atom is 0.416 e. The fraction of sp³-hybridized carbons (Fsp3) is 0.484. The minimum absolute atomic E-state index is 0.00342. The van der Waals surface area contributed by atoms with Gasteiger partial charge in [-0.1, -0.05) is 12.1 Å². The Morgan fingerprint density at radius 2 is 1.91 bits per heavy atom. The van der Waals surface area contributed by atoms with Crippen molar-refractivity contribution < 1.29 is 32.2 Å². The molecular formula is C31H34F3N5O4. The van der Waals surface area contributed by atoms with Crippen LogP contribution in [0.4, 0.5) is 24.5 Å². The van der Waals surface area contributed by atoms with E-state index < -0.39 is 17.6 Å². The number of piperidine rings is 1. The van der Waals surface area contributed by atoms with Crippen molar-refractivity contribution >= 4 is 23.3 Å². The summed E-state index contributed by atoms with van der Waals surface area (Å²) < 4.78 is 55.6. The summed E-state index contributed by atoms with van der Waals surface area (Å²) in [6, 6.07) is 10.2. The zero-order valence-corrected chi connectivity index (χ0v) is 24.2. The first-order valence-electron chi connectivity index (χ1n) is 14.5. The second-order valence-corrected chi connectivity index (χ2v) is 11.8. The van der Waals surface area contributed by atoms with Crippen molar-refractivity contribution in [2.45, 2.75) is 50.7 Å². The summed E-state index contributed by atoms with van der Waals surface area (Å²) in [4.78, 5) is 28.1. The Balaban J connectivity index is 1.24. The van der Waals surface area contributed by atoms with Crippen molar-refractivity contribution in [1.82, 2.24) is 14.8 Å². The predicted molar refractivity (Wildman–Crippen MR) is 152 cm³/mol. The molecule has 0 N–H and O–H groups in total. The lowest BCUT2D eigenvalue weighted by Crippen LogP contribution is -2.49. The van der Waals surface area contributed by atoms with Crippen LogP contribution in [-0.2, 0) is 45.9 Å². The minimum Gasteiger partial charge on any atom is -0.466 e. The fourth-order valence-corrected chi connectivity index (χ4v) is 6.38. The standard InChI is InChI=1S/C31H34F3N5O4/c1-20(40)43-11-8-21-6-9-38(10-7-21)24-13-25-26(27(14-24)31(32,33)34)16-39(29(25)41)23-5-3-4-22(12-23)30(17-42-18-30)15-28-36-35-19-37(28)2/h3-5,12-14,19,21H,6-11,15-18H2,1-2H3. The summed E-state index contributed by atoms with van der Waals surface area (Å²) in [5.41, 5.74) is 0.859. The molecule has 0 unspecified atom stereocenters. The van der Waals surface area contributed by atoms with Gasteiger partial charge in [0.2, 0.25) is 0 Å². The largest absolute Gasteiger partial charge is 0.466 e. The summed E-state index contributed by atoms with van der Waals surface area (Å²) in [5, 5.41) is 8.18. The highest BCUT2D eigenvalue weighted by Gasteiger charge is 2.44. The van der Waals surface area contributed by atoms with E-state index in [-0.39, 0.29) is 29.1 Å². The van der Waals surface area contributed by atoms with E-state index in [1.165, 1.54) is 17.9 Å². The highest BCUT2D eigenvalue weighted by molar-refractivity contribution is 6.11. The highest BCUT2D eigenvalue weighted by Crippen LogP contribution is 2.43. The number of hydrogen-bond acceptors (Lipinski definition) is 7. The number of aromatic nitrogens is 3. The third-order valence-corrected chi connectivity index (χ3v) is 8.97. The van der Waals surface area contributed by atoms with Crippen LogP contribution in [0.2, 0.25) is 0 Å². The van der Waals surface area contributed by atoms with Crippen molar-refractivity contribution in [1.29, 1.82) is 0 Å². The number of nitrogens with zero attached hydrogens (tertiary/aromatic N) is 5. The Bertz CT molecular complexity index is 1530. The smallest absolute Gasteiger partial charge is 0.416 e. The molecule has 43 heavy (non-hydrogen) atoms. The third-order valence-electron chi connectivity index (χ3n) is 8.97. The molecule has 3 aliphatic rings. The zero-order valence-electron chi connectivity index (χ0n) is 24.2. The SMILES string of the molecule is CC(=O)OCCC1CCN(c2cc3c(c(C(F)(F)F)c2)CN(c2cccc(C4(Cc5nncn5C)COC4)c2)C3=O)CC1. The predicted octanol–water partition coefficient (Wildman–Crippen LogP) is 4.67. The first-order valence-corrected chi connectivity index (χ1v) is 14.5. The maximum absolute atomic E-state index is 14.4. The lowest BCUT2D eigenvalue weighted by Gasteiger charge is -2.42. The molecule has 12 heteroatoms. The monoisotopic (exact) mass is 597 g/mol. The molecular weight excluding hydrogens is 563 g/mol. The van der Waals surface area contributed by atoms with Crippen LogP contribution in [0, 0.1) is 5.92 Å². The van der Waals surface area contributed by atoms with Crippen molar-refractivity contribution in [3.8, 4) is 0 Å². The first-order chi connectivity index (χ1) is 20.5. The number of rotatable bonds is 8. The quantitative estimate of drug-likeness (QED) is 0.349. The van der Waals surface area contributed by atoms with Gasteiger partial charge in [-0.05, 0) is 60.6 Å². The number of aryl methyl sites for hydroxylation is 1. The number of benzene rings is 2. The molecule has 3 aliphatic heterocycles. The second kappa shape index (κ2) is 11.3. The van der Waals surface area contributed by atoms with E-state index in [2.05, 4.69) is 10.2 Å². The number of hydrogen-bond donors (Lipinski definition) is 0. The molecule has 1 amide bonds. The number of anilines is 2. The lowest BCUT2D eigenvalue weighted by atomic mass is 9.75. The number of carbonyl (C=O) groups excluding carboxylic acids is 2. The van der Waals surface area contributed by atoms with E-state index in [0.717, 1.165) is 30.7 Å².